The Kier molecular flexibility index (Phi) is 7.14. The average Bonchev–Trinajstić information content (AvgIpc) is 2.61. The van der Waals surface area contributed by atoms with Crippen LogP contribution < -0.4 is 11.1 Å². The van der Waals surface area contributed by atoms with E-state index in [2.05, 4.69) is 24.2 Å². The number of hydrogen-bond acceptors (Lipinski definition) is 3. The van der Waals surface area contributed by atoms with Crippen molar-refractivity contribution in [3.63, 3.8) is 0 Å². The molecule has 1 fully saturated rings. The molecule has 1 aromatic carbocycles. The molecule has 7 heteroatoms. The van der Waals surface area contributed by atoms with E-state index in [4.69, 9.17) is 22.1 Å². The second kappa shape index (κ2) is 9.12. The number of ether oxygens (including phenoxy) is 1. The van der Waals surface area contributed by atoms with E-state index in [0.29, 0.717) is 32.2 Å². The van der Waals surface area contributed by atoms with Crippen LogP contribution in [0.3, 0.4) is 0 Å². The van der Waals surface area contributed by atoms with E-state index in [0.717, 1.165) is 23.4 Å². The van der Waals surface area contributed by atoms with Gasteiger partial charge in [0.2, 0.25) is 0 Å². The van der Waals surface area contributed by atoms with Crippen LogP contribution in [-0.2, 0) is 10.2 Å². The highest BCUT2D eigenvalue weighted by Gasteiger charge is 2.25. The van der Waals surface area contributed by atoms with E-state index in [-0.39, 0.29) is 17.6 Å². The Morgan fingerprint density at radius 2 is 2.04 bits per heavy atom. The summed E-state index contributed by atoms with van der Waals surface area (Å²) in [6.07, 6.45) is 1.40. The number of rotatable bonds is 5. The van der Waals surface area contributed by atoms with E-state index in [1.165, 1.54) is 0 Å². The quantitative estimate of drug-likeness (QED) is 0.607. The molecule has 0 radical (unpaired) electrons. The van der Waals surface area contributed by atoms with Crippen LogP contribution in [0.2, 0.25) is 5.02 Å². The molecule has 26 heavy (non-hydrogen) atoms. The summed E-state index contributed by atoms with van der Waals surface area (Å²) in [6, 6.07) is 8.02. The second-order valence-electron chi connectivity index (χ2n) is 7.17. The number of piperidine rings is 1. The van der Waals surface area contributed by atoms with Gasteiger partial charge in [-0.05, 0) is 31.4 Å². The van der Waals surface area contributed by atoms with Gasteiger partial charge in [0.15, 0.2) is 5.96 Å². The molecule has 1 amide bonds. The maximum Gasteiger partial charge on any atom is 0.409 e. The number of benzene rings is 1. The van der Waals surface area contributed by atoms with Crippen LogP contribution in [0.15, 0.2) is 29.3 Å². The number of likely N-dealkylation sites (tertiary alicyclic amines) is 1. The fourth-order valence-electron chi connectivity index (χ4n) is 3.05. The first-order valence-corrected chi connectivity index (χ1v) is 9.44. The predicted molar refractivity (Wildman–Crippen MR) is 106 cm³/mol. The van der Waals surface area contributed by atoms with Crippen LogP contribution in [0.4, 0.5) is 4.79 Å². The zero-order valence-electron chi connectivity index (χ0n) is 15.8. The minimum Gasteiger partial charge on any atom is -0.450 e. The fraction of sp³-hybridized carbons (Fsp3) is 0.579. The number of guanidine groups is 1. The van der Waals surface area contributed by atoms with Crippen molar-refractivity contribution in [3.8, 4) is 0 Å². The molecule has 6 nitrogen and oxygen atoms in total. The molecule has 1 aliphatic heterocycles. The van der Waals surface area contributed by atoms with Gasteiger partial charge in [0.1, 0.15) is 0 Å². The van der Waals surface area contributed by atoms with Gasteiger partial charge in [0.25, 0.3) is 0 Å². The third-order valence-corrected chi connectivity index (χ3v) is 4.95. The first kappa shape index (κ1) is 20.4. The average molecular weight is 381 g/mol. The Morgan fingerprint density at radius 3 is 2.65 bits per heavy atom. The van der Waals surface area contributed by atoms with Gasteiger partial charge in [-0.2, -0.15) is 0 Å². The number of nitrogens with one attached hydrogen (secondary N) is 1. The lowest BCUT2D eigenvalue weighted by Gasteiger charge is -2.32. The van der Waals surface area contributed by atoms with Gasteiger partial charge in [-0.25, -0.2) is 4.79 Å². The molecule has 0 aromatic heterocycles. The van der Waals surface area contributed by atoms with Gasteiger partial charge < -0.3 is 20.7 Å². The summed E-state index contributed by atoms with van der Waals surface area (Å²) in [5.74, 6) is 0.430. The number of nitrogens with zero attached hydrogens (tertiary/aromatic N) is 2. The third-order valence-electron chi connectivity index (χ3n) is 4.62. The van der Waals surface area contributed by atoms with Crippen LogP contribution in [-0.4, -0.2) is 49.2 Å². The molecule has 2 rings (SSSR count). The Morgan fingerprint density at radius 1 is 1.38 bits per heavy atom. The highest BCUT2D eigenvalue weighted by atomic mass is 35.5. The second-order valence-corrected chi connectivity index (χ2v) is 7.58. The summed E-state index contributed by atoms with van der Waals surface area (Å²) in [5, 5.41) is 4.01. The van der Waals surface area contributed by atoms with Crippen molar-refractivity contribution >= 4 is 23.7 Å². The maximum atomic E-state index is 11.7. The van der Waals surface area contributed by atoms with Crippen LogP contribution in [0.1, 0.15) is 39.2 Å². The fourth-order valence-corrected chi connectivity index (χ4v) is 3.45. The van der Waals surface area contributed by atoms with E-state index in [1.54, 1.807) is 4.90 Å². The molecule has 1 aliphatic rings. The lowest BCUT2D eigenvalue weighted by molar-refractivity contribution is 0.0963. The van der Waals surface area contributed by atoms with Crippen LogP contribution in [0.5, 0.6) is 0 Å². The first-order valence-electron chi connectivity index (χ1n) is 9.06. The van der Waals surface area contributed by atoms with Gasteiger partial charge >= 0.3 is 6.09 Å². The number of nitrogens with two attached hydrogens (primary N) is 1. The predicted octanol–water partition coefficient (Wildman–Crippen LogP) is 3.14. The molecule has 1 heterocycles. The van der Waals surface area contributed by atoms with Crippen molar-refractivity contribution in [2.45, 2.75) is 45.1 Å². The summed E-state index contributed by atoms with van der Waals surface area (Å²) in [6.45, 7) is 8.28. The minimum absolute atomic E-state index is 0.210. The number of aliphatic imine (C=N–C) groups is 1. The van der Waals surface area contributed by atoms with Crippen molar-refractivity contribution in [2.75, 3.05) is 26.2 Å². The van der Waals surface area contributed by atoms with Crippen LogP contribution >= 0.6 is 11.6 Å². The maximum absolute atomic E-state index is 11.7. The van der Waals surface area contributed by atoms with Gasteiger partial charge in [-0.15, -0.1) is 0 Å². The van der Waals surface area contributed by atoms with Gasteiger partial charge in [0, 0.05) is 29.6 Å². The Balaban J connectivity index is 1.85. The largest absolute Gasteiger partial charge is 0.450 e. The summed E-state index contributed by atoms with van der Waals surface area (Å²) >= 11 is 6.30. The van der Waals surface area contributed by atoms with E-state index < -0.39 is 0 Å². The highest BCUT2D eigenvalue weighted by molar-refractivity contribution is 6.31. The van der Waals surface area contributed by atoms with Crippen molar-refractivity contribution in [2.24, 2.45) is 10.7 Å². The molecule has 0 atom stereocenters. The summed E-state index contributed by atoms with van der Waals surface area (Å²) in [5.41, 5.74) is 6.92. The highest BCUT2D eigenvalue weighted by Crippen LogP contribution is 2.29. The summed E-state index contributed by atoms with van der Waals surface area (Å²) in [7, 11) is 0. The Bertz CT molecular complexity index is 640. The summed E-state index contributed by atoms with van der Waals surface area (Å²) < 4.78 is 5.03. The van der Waals surface area contributed by atoms with Crippen molar-refractivity contribution in [3.05, 3.63) is 34.9 Å². The topological polar surface area (TPSA) is 80.0 Å². The normalized spacial score (nSPS) is 16.5. The molecule has 1 saturated heterocycles. The monoisotopic (exact) mass is 380 g/mol. The SMILES string of the molecule is CCOC(=O)N1CCC(NC(N)=NCC(C)(C)c2ccccc2Cl)CC1. The minimum atomic E-state index is -0.242. The zero-order valence-corrected chi connectivity index (χ0v) is 16.6. The molecular formula is C19H29ClN4O2. The molecule has 1 aromatic rings. The molecule has 0 aliphatic carbocycles. The number of amides is 1. The lowest BCUT2D eigenvalue weighted by Crippen LogP contribution is -2.48. The first-order chi connectivity index (χ1) is 12.3. The van der Waals surface area contributed by atoms with Gasteiger partial charge in [-0.3, -0.25) is 4.99 Å². The van der Waals surface area contributed by atoms with Gasteiger partial charge in [-0.1, -0.05) is 43.6 Å². The molecule has 0 spiro atoms. The summed E-state index contributed by atoms with van der Waals surface area (Å²) in [4.78, 5) is 18.0. The van der Waals surface area contributed by atoms with Gasteiger partial charge in [0.05, 0.1) is 13.2 Å². The smallest absolute Gasteiger partial charge is 0.409 e. The number of hydrogen-bond donors (Lipinski definition) is 2. The number of halogens is 1. The molecular weight excluding hydrogens is 352 g/mol. The standard InChI is InChI=1S/C19H29ClN4O2/c1-4-26-18(25)24-11-9-14(10-12-24)23-17(21)22-13-19(2,3)15-7-5-6-8-16(15)20/h5-8,14H,4,9-13H2,1-3H3,(H3,21,22,23). The molecule has 0 unspecified atom stereocenters. The van der Waals surface area contributed by atoms with Crippen molar-refractivity contribution < 1.29 is 9.53 Å². The molecule has 144 valence electrons. The third kappa shape index (κ3) is 5.53. The Labute approximate surface area is 160 Å². The van der Waals surface area contributed by atoms with Crippen LogP contribution in [0, 0.1) is 0 Å². The molecule has 0 bridgehead atoms. The van der Waals surface area contributed by atoms with E-state index in [1.807, 2.05) is 31.2 Å². The van der Waals surface area contributed by atoms with E-state index in [9.17, 15) is 4.79 Å². The van der Waals surface area contributed by atoms with Crippen molar-refractivity contribution in [1.29, 1.82) is 0 Å². The van der Waals surface area contributed by atoms with E-state index >= 15 is 0 Å². The molecule has 3 N–H and O–H groups in total. The Hall–Kier alpha value is -1.95. The van der Waals surface area contributed by atoms with Crippen LogP contribution in [0.25, 0.3) is 0 Å². The zero-order chi connectivity index (χ0) is 19.2. The molecule has 0 saturated carbocycles. The lowest BCUT2D eigenvalue weighted by atomic mass is 9.85. The number of carbonyl (C=O) groups excluding carboxylic acids is 1. The number of carbonyl (C=O) groups is 1. The van der Waals surface area contributed by atoms with Crippen molar-refractivity contribution in [1.82, 2.24) is 10.2 Å².